The molecule has 174 valence electrons. The van der Waals surface area contributed by atoms with Crippen LogP contribution in [0.5, 0.6) is 0 Å². The Morgan fingerprint density at radius 1 is 1.15 bits per heavy atom. The first-order valence-electron chi connectivity index (χ1n) is 11.7. The molecule has 2 aromatic heterocycles. The SMILES string of the molecule is Cc1ccc(-c2csc3ncn(CCC(=O)NC4CCN(Cc5ccccc5)C4)c(=O)c23)cc1. The lowest BCUT2D eigenvalue weighted by Crippen LogP contribution is -2.37. The fourth-order valence-corrected chi connectivity index (χ4v) is 5.44. The summed E-state index contributed by atoms with van der Waals surface area (Å²) in [5, 5.41) is 5.76. The molecule has 1 atom stereocenters. The van der Waals surface area contributed by atoms with Gasteiger partial charge in [0.05, 0.1) is 11.7 Å². The van der Waals surface area contributed by atoms with E-state index in [1.807, 2.05) is 42.6 Å². The molecule has 0 radical (unpaired) electrons. The highest BCUT2D eigenvalue weighted by Gasteiger charge is 2.24. The third-order valence-electron chi connectivity index (χ3n) is 6.39. The predicted octanol–water partition coefficient (Wildman–Crippen LogP) is 4.21. The molecule has 1 N–H and O–H groups in total. The number of fused-ring (bicyclic) bond motifs is 1. The predicted molar refractivity (Wildman–Crippen MR) is 137 cm³/mol. The second kappa shape index (κ2) is 9.91. The number of nitrogens with zero attached hydrogens (tertiary/aromatic N) is 3. The summed E-state index contributed by atoms with van der Waals surface area (Å²) in [4.78, 5) is 33.4. The van der Waals surface area contributed by atoms with Gasteiger partial charge >= 0.3 is 0 Å². The Morgan fingerprint density at radius 2 is 1.94 bits per heavy atom. The molecule has 34 heavy (non-hydrogen) atoms. The minimum atomic E-state index is -0.0930. The normalized spacial score (nSPS) is 16.2. The number of carbonyl (C=O) groups excluding carboxylic acids is 1. The van der Waals surface area contributed by atoms with Gasteiger partial charge < -0.3 is 5.32 Å². The van der Waals surface area contributed by atoms with Crippen LogP contribution < -0.4 is 10.9 Å². The molecule has 6 nitrogen and oxygen atoms in total. The highest BCUT2D eigenvalue weighted by molar-refractivity contribution is 7.17. The van der Waals surface area contributed by atoms with Gasteiger partial charge in [-0.3, -0.25) is 19.1 Å². The van der Waals surface area contributed by atoms with Gasteiger partial charge in [0.15, 0.2) is 0 Å². The topological polar surface area (TPSA) is 67.2 Å². The molecule has 4 aromatic rings. The van der Waals surface area contributed by atoms with Gasteiger partial charge in [-0.1, -0.05) is 60.2 Å². The Bertz CT molecular complexity index is 1340. The average Bonchev–Trinajstić information content (AvgIpc) is 3.47. The smallest absolute Gasteiger partial charge is 0.262 e. The lowest BCUT2D eigenvalue weighted by molar-refractivity contribution is -0.121. The number of hydrogen-bond acceptors (Lipinski definition) is 5. The number of carbonyl (C=O) groups is 1. The van der Waals surface area contributed by atoms with Crippen molar-refractivity contribution in [2.24, 2.45) is 0 Å². The summed E-state index contributed by atoms with van der Waals surface area (Å²) < 4.78 is 1.56. The molecule has 3 heterocycles. The molecule has 1 unspecified atom stereocenters. The van der Waals surface area contributed by atoms with Gasteiger partial charge in [0.1, 0.15) is 4.83 Å². The number of rotatable bonds is 7. The van der Waals surface area contributed by atoms with E-state index < -0.39 is 0 Å². The quantitative estimate of drug-likeness (QED) is 0.438. The van der Waals surface area contributed by atoms with Crippen LogP contribution in [0, 0.1) is 6.92 Å². The van der Waals surface area contributed by atoms with E-state index in [1.165, 1.54) is 22.5 Å². The second-order valence-corrected chi connectivity index (χ2v) is 9.82. The Morgan fingerprint density at radius 3 is 2.74 bits per heavy atom. The lowest BCUT2D eigenvalue weighted by atomic mass is 10.1. The summed E-state index contributed by atoms with van der Waals surface area (Å²) in [6.45, 7) is 5.08. The highest BCUT2D eigenvalue weighted by Crippen LogP contribution is 2.30. The Kier molecular flexibility index (Phi) is 6.56. The van der Waals surface area contributed by atoms with Crippen LogP contribution in [-0.4, -0.2) is 39.5 Å². The van der Waals surface area contributed by atoms with Gasteiger partial charge in [-0.25, -0.2) is 4.98 Å². The average molecular weight is 473 g/mol. The fourth-order valence-electron chi connectivity index (χ4n) is 4.53. The van der Waals surface area contributed by atoms with E-state index in [9.17, 15) is 9.59 Å². The Balaban J connectivity index is 1.21. The minimum absolute atomic E-state index is 0.0253. The summed E-state index contributed by atoms with van der Waals surface area (Å²) in [6.07, 6.45) is 2.76. The van der Waals surface area contributed by atoms with Crippen molar-refractivity contribution in [3.8, 4) is 11.1 Å². The summed E-state index contributed by atoms with van der Waals surface area (Å²) in [6, 6.07) is 18.7. The first kappa shape index (κ1) is 22.5. The van der Waals surface area contributed by atoms with Gasteiger partial charge in [-0.15, -0.1) is 11.3 Å². The van der Waals surface area contributed by atoms with Crippen LogP contribution in [0.3, 0.4) is 0 Å². The van der Waals surface area contributed by atoms with Crippen molar-refractivity contribution in [2.45, 2.75) is 38.9 Å². The third-order valence-corrected chi connectivity index (χ3v) is 7.28. The maximum Gasteiger partial charge on any atom is 0.262 e. The first-order chi connectivity index (χ1) is 16.6. The number of amides is 1. The molecule has 2 aromatic carbocycles. The number of aromatic nitrogens is 2. The van der Waals surface area contributed by atoms with E-state index in [0.717, 1.165) is 42.0 Å². The summed E-state index contributed by atoms with van der Waals surface area (Å²) >= 11 is 1.47. The number of aryl methyl sites for hydroxylation is 2. The second-order valence-electron chi connectivity index (χ2n) is 8.96. The van der Waals surface area contributed by atoms with Crippen LogP contribution in [0.4, 0.5) is 0 Å². The molecule has 0 aliphatic carbocycles. The van der Waals surface area contributed by atoms with Gasteiger partial charge in [0.25, 0.3) is 5.56 Å². The van der Waals surface area contributed by atoms with Crippen molar-refractivity contribution in [3.63, 3.8) is 0 Å². The number of benzene rings is 2. The van der Waals surface area contributed by atoms with Crippen LogP contribution in [-0.2, 0) is 17.9 Å². The molecule has 1 aliphatic rings. The number of thiophene rings is 1. The molecule has 7 heteroatoms. The van der Waals surface area contributed by atoms with Crippen molar-refractivity contribution < 1.29 is 4.79 Å². The fraction of sp³-hybridized carbons (Fsp3) is 0.296. The standard InChI is InChI=1S/C27H28N4O2S/c1-19-7-9-21(10-8-19)23-17-34-26-25(23)27(33)31(18-28-26)14-12-24(32)29-22-11-13-30(16-22)15-20-5-3-2-4-6-20/h2-10,17-18,22H,11-16H2,1H3,(H,29,32). The summed E-state index contributed by atoms with van der Waals surface area (Å²) in [5.74, 6) is -0.0253. The van der Waals surface area contributed by atoms with Gasteiger partial charge in [-0.05, 0) is 24.5 Å². The van der Waals surface area contributed by atoms with E-state index in [2.05, 4.69) is 39.5 Å². The Hall–Kier alpha value is -3.29. The van der Waals surface area contributed by atoms with Crippen LogP contribution >= 0.6 is 11.3 Å². The van der Waals surface area contributed by atoms with Crippen molar-refractivity contribution in [1.82, 2.24) is 19.8 Å². The molecule has 0 bridgehead atoms. The molecular weight excluding hydrogens is 444 g/mol. The van der Waals surface area contributed by atoms with Gasteiger partial charge in [0, 0.05) is 49.6 Å². The van der Waals surface area contributed by atoms with Crippen LogP contribution in [0.15, 0.2) is 71.1 Å². The molecule has 0 spiro atoms. The van der Waals surface area contributed by atoms with Crippen LogP contribution in [0.2, 0.25) is 0 Å². The number of hydrogen-bond donors (Lipinski definition) is 1. The maximum atomic E-state index is 13.2. The monoisotopic (exact) mass is 472 g/mol. The molecular formula is C27H28N4O2S. The van der Waals surface area contributed by atoms with E-state index in [1.54, 1.807) is 10.9 Å². The minimum Gasteiger partial charge on any atom is -0.352 e. The molecule has 0 saturated carbocycles. The van der Waals surface area contributed by atoms with Crippen LogP contribution in [0.25, 0.3) is 21.3 Å². The summed E-state index contributed by atoms with van der Waals surface area (Å²) in [7, 11) is 0. The van der Waals surface area contributed by atoms with Crippen molar-refractivity contribution in [1.29, 1.82) is 0 Å². The van der Waals surface area contributed by atoms with E-state index in [-0.39, 0.29) is 23.9 Å². The molecule has 5 rings (SSSR count). The van der Waals surface area contributed by atoms with E-state index in [0.29, 0.717) is 11.9 Å². The largest absolute Gasteiger partial charge is 0.352 e. The zero-order valence-electron chi connectivity index (χ0n) is 19.2. The van der Waals surface area contributed by atoms with E-state index in [4.69, 9.17) is 0 Å². The van der Waals surface area contributed by atoms with E-state index >= 15 is 0 Å². The first-order valence-corrected chi connectivity index (χ1v) is 12.5. The molecule has 1 fully saturated rings. The molecule has 1 saturated heterocycles. The number of nitrogens with one attached hydrogen (secondary N) is 1. The van der Waals surface area contributed by atoms with Gasteiger partial charge in [0.2, 0.25) is 5.91 Å². The molecule has 1 amide bonds. The zero-order valence-corrected chi connectivity index (χ0v) is 20.1. The van der Waals surface area contributed by atoms with Crippen molar-refractivity contribution >= 4 is 27.5 Å². The van der Waals surface area contributed by atoms with Gasteiger partial charge in [-0.2, -0.15) is 0 Å². The highest BCUT2D eigenvalue weighted by atomic mass is 32.1. The lowest BCUT2D eigenvalue weighted by Gasteiger charge is -2.17. The Labute approximate surface area is 202 Å². The maximum absolute atomic E-state index is 13.2. The van der Waals surface area contributed by atoms with Crippen molar-refractivity contribution in [3.05, 3.63) is 87.8 Å². The third kappa shape index (κ3) is 4.95. The molecule has 1 aliphatic heterocycles. The van der Waals surface area contributed by atoms with Crippen molar-refractivity contribution in [2.75, 3.05) is 13.1 Å². The summed E-state index contributed by atoms with van der Waals surface area (Å²) in [5.41, 5.74) is 4.28. The zero-order chi connectivity index (χ0) is 23.5. The number of likely N-dealkylation sites (tertiary alicyclic amines) is 1. The van der Waals surface area contributed by atoms with Crippen LogP contribution in [0.1, 0.15) is 24.0 Å².